The van der Waals surface area contributed by atoms with Crippen molar-refractivity contribution in [1.82, 2.24) is 19.5 Å². The maximum atomic E-state index is 5.04. The van der Waals surface area contributed by atoms with Gasteiger partial charge in [0.2, 0.25) is 0 Å². The van der Waals surface area contributed by atoms with Gasteiger partial charge in [-0.1, -0.05) is 169 Å². The van der Waals surface area contributed by atoms with Crippen molar-refractivity contribution in [3.05, 3.63) is 224 Å². The molecule has 0 fully saturated rings. The van der Waals surface area contributed by atoms with Crippen LogP contribution in [0.5, 0.6) is 0 Å². The maximum Gasteiger partial charge on any atom is 0.164 e. The minimum atomic E-state index is 0.628. The lowest BCUT2D eigenvalue weighted by molar-refractivity contribution is 1.07. The van der Waals surface area contributed by atoms with Crippen LogP contribution < -0.4 is 4.90 Å². The normalized spacial score (nSPS) is 12.0. The highest BCUT2D eigenvalue weighted by Gasteiger charge is 2.25. The second kappa shape index (κ2) is 15.4. The molecule has 9 aromatic carbocycles. The third-order valence-electron chi connectivity index (χ3n) is 11.8. The van der Waals surface area contributed by atoms with E-state index in [1.165, 1.54) is 54.2 Å². The van der Waals surface area contributed by atoms with Crippen molar-refractivity contribution in [3.63, 3.8) is 0 Å². The van der Waals surface area contributed by atoms with Gasteiger partial charge < -0.3 is 9.47 Å². The molecule has 0 saturated carbocycles. The monoisotopic (exact) mass is 823 g/mol. The van der Waals surface area contributed by atoms with Gasteiger partial charge in [-0.3, -0.25) is 0 Å². The van der Waals surface area contributed by atoms with Crippen LogP contribution in [-0.2, 0) is 0 Å². The lowest BCUT2D eigenvalue weighted by atomic mass is 10.0. The van der Waals surface area contributed by atoms with Crippen LogP contribution in [0, 0.1) is 0 Å². The summed E-state index contributed by atoms with van der Waals surface area (Å²) in [7, 11) is 0. The van der Waals surface area contributed by atoms with E-state index in [0.29, 0.717) is 17.5 Å². The molecule has 11 aromatic rings. The van der Waals surface area contributed by atoms with Crippen LogP contribution in [0.15, 0.2) is 234 Å². The fourth-order valence-electron chi connectivity index (χ4n) is 8.80. The standard InChI is InChI=1S/C57H37N5S/c1-4-15-38(16-5-1)39-27-31-45(32-28-39)61-51-25-12-13-26-53(51)63-54-37-43(30-34-52(54)61)42-29-33-50-48(36-42)47-23-10-11-24-49(47)62(50)46-22-14-21-44(35-46)57-59-55(40-17-6-2-7-18-40)58-56(60-57)41-19-8-3-9-20-41/h1-37H. The van der Waals surface area contributed by atoms with Crippen LogP contribution in [0.3, 0.4) is 0 Å². The molecule has 0 saturated heterocycles. The molecule has 5 nitrogen and oxygen atoms in total. The van der Waals surface area contributed by atoms with E-state index in [0.717, 1.165) is 39.1 Å². The highest BCUT2D eigenvalue weighted by atomic mass is 32.2. The van der Waals surface area contributed by atoms with E-state index in [1.807, 2.05) is 72.4 Å². The van der Waals surface area contributed by atoms with Crippen molar-refractivity contribution in [2.75, 3.05) is 4.90 Å². The van der Waals surface area contributed by atoms with E-state index < -0.39 is 0 Å². The molecule has 3 heterocycles. The quantitative estimate of drug-likeness (QED) is 0.160. The molecule has 0 atom stereocenters. The number of hydrogen-bond donors (Lipinski definition) is 0. The van der Waals surface area contributed by atoms with Crippen LogP contribution in [0.1, 0.15) is 0 Å². The summed E-state index contributed by atoms with van der Waals surface area (Å²) in [6.07, 6.45) is 0. The molecule has 1 aliphatic heterocycles. The Morgan fingerprint density at radius 3 is 1.56 bits per heavy atom. The Kier molecular flexibility index (Phi) is 9.01. The van der Waals surface area contributed by atoms with E-state index in [1.54, 1.807) is 0 Å². The second-order valence-corrected chi connectivity index (χ2v) is 16.8. The summed E-state index contributed by atoms with van der Waals surface area (Å²) in [5.74, 6) is 1.91. The molecule has 0 spiro atoms. The largest absolute Gasteiger partial charge is 0.309 e. The summed E-state index contributed by atoms with van der Waals surface area (Å²) in [4.78, 5) is 19.8. The Morgan fingerprint density at radius 2 is 0.825 bits per heavy atom. The number of benzene rings is 9. The lowest BCUT2D eigenvalue weighted by Gasteiger charge is -2.33. The average Bonchev–Trinajstić information content (AvgIpc) is 3.70. The van der Waals surface area contributed by atoms with Crippen LogP contribution in [0.2, 0.25) is 0 Å². The predicted molar refractivity (Wildman–Crippen MR) is 260 cm³/mol. The molecule has 0 amide bonds. The Labute approximate surface area is 369 Å². The van der Waals surface area contributed by atoms with Crippen molar-refractivity contribution in [2.45, 2.75) is 9.79 Å². The van der Waals surface area contributed by atoms with Crippen molar-refractivity contribution in [2.24, 2.45) is 0 Å². The first-order valence-corrected chi connectivity index (χ1v) is 21.9. The van der Waals surface area contributed by atoms with E-state index in [9.17, 15) is 0 Å². The third kappa shape index (κ3) is 6.65. The zero-order chi connectivity index (χ0) is 41.7. The number of aromatic nitrogens is 4. The molecule has 63 heavy (non-hydrogen) atoms. The van der Waals surface area contributed by atoms with Gasteiger partial charge in [0.1, 0.15) is 0 Å². The smallest absolute Gasteiger partial charge is 0.164 e. The van der Waals surface area contributed by atoms with Gasteiger partial charge in [0.05, 0.1) is 22.4 Å². The summed E-state index contributed by atoms with van der Waals surface area (Å²) >= 11 is 1.84. The summed E-state index contributed by atoms with van der Waals surface area (Å²) in [5.41, 5.74) is 14.4. The summed E-state index contributed by atoms with van der Waals surface area (Å²) in [6.45, 7) is 0. The molecule has 0 bridgehead atoms. The van der Waals surface area contributed by atoms with Gasteiger partial charge in [0.25, 0.3) is 0 Å². The third-order valence-corrected chi connectivity index (χ3v) is 12.9. The first kappa shape index (κ1) is 36.8. The second-order valence-electron chi connectivity index (χ2n) is 15.7. The zero-order valence-corrected chi connectivity index (χ0v) is 34.8. The summed E-state index contributed by atoms with van der Waals surface area (Å²) in [6, 6.07) is 79.4. The number of fused-ring (bicyclic) bond motifs is 5. The predicted octanol–water partition coefficient (Wildman–Crippen LogP) is 15.2. The topological polar surface area (TPSA) is 46.8 Å². The van der Waals surface area contributed by atoms with Gasteiger partial charge in [-0.15, -0.1) is 0 Å². The van der Waals surface area contributed by atoms with Crippen LogP contribution in [0.4, 0.5) is 17.1 Å². The lowest BCUT2D eigenvalue weighted by Crippen LogP contribution is -2.14. The van der Waals surface area contributed by atoms with Crippen molar-refractivity contribution < 1.29 is 0 Å². The fraction of sp³-hybridized carbons (Fsp3) is 0. The molecule has 2 aromatic heterocycles. The molecule has 296 valence electrons. The number of para-hydroxylation sites is 2. The Balaban J connectivity index is 0.933. The van der Waals surface area contributed by atoms with E-state index in [-0.39, 0.29) is 0 Å². The fourth-order valence-corrected chi connectivity index (χ4v) is 9.90. The van der Waals surface area contributed by atoms with Crippen LogP contribution in [0.25, 0.3) is 83.9 Å². The van der Waals surface area contributed by atoms with Crippen molar-refractivity contribution in [3.8, 4) is 62.1 Å². The SMILES string of the molecule is c1ccc(-c2ccc(N3c4ccccc4Sc4cc(-c5ccc6c(c5)c5ccccc5n6-c5cccc(-c6nc(-c7ccccc7)nc(-c7ccccc7)n6)c5)ccc43)cc2)cc1. The number of anilines is 3. The Morgan fingerprint density at radius 1 is 0.302 bits per heavy atom. The molecule has 0 aliphatic carbocycles. The summed E-state index contributed by atoms with van der Waals surface area (Å²) in [5, 5.41) is 2.39. The highest BCUT2D eigenvalue weighted by Crippen LogP contribution is 2.52. The van der Waals surface area contributed by atoms with Crippen molar-refractivity contribution in [1.29, 1.82) is 0 Å². The molecular weight excluding hydrogens is 787 g/mol. The first-order chi connectivity index (χ1) is 31.2. The van der Waals surface area contributed by atoms with E-state index in [2.05, 4.69) is 173 Å². The van der Waals surface area contributed by atoms with Gasteiger partial charge in [-0.05, 0) is 89.0 Å². The number of nitrogens with zero attached hydrogens (tertiary/aromatic N) is 5. The van der Waals surface area contributed by atoms with Gasteiger partial charge in [-0.2, -0.15) is 0 Å². The van der Waals surface area contributed by atoms with E-state index >= 15 is 0 Å². The van der Waals surface area contributed by atoms with Crippen LogP contribution in [-0.4, -0.2) is 19.5 Å². The first-order valence-electron chi connectivity index (χ1n) is 21.1. The number of rotatable bonds is 7. The van der Waals surface area contributed by atoms with Gasteiger partial charge in [0, 0.05) is 48.6 Å². The minimum absolute atomic E-state index is 0.628. The van der Waals surface area contributed by atoms with Gasteiger partial charge >= 0.3 is 0 Å². The molecule has 1 aliphatic rings. The van der Waals surface area contributed by atoms with E-state index in [4.69, 9.17) is 15.0 Å². The molecule has 12 rings (SSSR count). The summed E-state index contributed by atoms with van der Waals surface area (Å²) < 4.78 is 2.36. The van der Waals surface area contributed by atoms with Gasteiger partial charge in [-0.25, -0.2) is 15.0 Å². The molecular formula is C57H37N5S. The number of hydrogen-bond acceptors (Lipinski definition) is 5. The van der Waals surface area contributed by atoms with Gasteiger partial charge in [0.15, 0.2) is 17.5 Å². The Hall–Kier alpha value is -8.06. The molecule has 0 radical (unpaired) electrons. The zero-order valence-electron chi connectivity index (χ0n) is 34.0. The average molecular weight is 824 g/mol. The Bertz CT molecular complexity index is 3420. The minimum Gasteiger partial charge on any atom is -0.309 e. The van der Waals surface area contributed by atoms with Crippen molar-refractivity contribution >= 4 is 50.6 Å². The van der Waals surface area contributed by atoms with Crippen LogP contribution >= 0.6 is 11.8 Å². The molecule has 0 N–H and O–H groups in total. The molecule has 6 heteroatoms. The molecule has 0 unspecified atom stereocenters. The maximum absolute atomic E-state index is 5.04. The highest BCUT2D eigenvalue weighted by molar-refractivity contribution is 7.99.